The van der Waals surface area contributed by atoms with E-state index < -0.39 is 6.10 Å². The molecule has 0 saturated carbocycles. The average Bonchev–Trinajstić information content (AvgIpc) is 3.07. The molecule has 0 aliphatic carbocycles. The summed E-state index contributed by atoms with van der Waals surface area (Å²) in [6, 6.07) is 17.8. The molecule has 160 valence electrons. The molecule has 1 fully saturated rings. The molecule has 4 aromatic rings. The lowest BCUT2D eigenvalue weighted by atomic mass is 10.1. The summed E-state index contributed by atoms with van der Waals surface area (Å²) >= 11 is 12.5. The van der Waals surface area contributed by atoms with Crippen molar-refractivity contribution in [2.75, 3.05) is 37.6 Å². The van der Waals surface area contributed by atoms with Gasteiger partial charge in [0, 0.05) is 70.8 Å². The summed E-state index contributed by atoms with van der Waals surface area (Å²) in [6.45, 7) is 4.80. The number of hydrogen-bond donors (Lipinski definition) is 1. The van der Waals surface area contributed by atoms with Crippen LogP contribution in [0.15, 0.2) is 60.8 Å². The first kappa shape index (κ1) is 20.6. The Labute approximate surface area is 191 Å². The molecule has 3 heterocycles. The summed E-state index contributed by atoms with van der Waals surface area (Å²) in [7, 11) is 0. The number of β-amino-alcohol motifs (C(OH)–C–C–N with tert-alkyl or cyclic N) is 1. The van der Waals surface area contributed by atoms with E-state index in [1.54, 1.807) is 0 Å². The second-order valence-electron chi connectivity index (χ2n) is 8.06. The molecule has 0 spiro atoms. The van der Waals surface area contributed by atoms with E-state index in [4.69, 9.17) is 23.2 Å². The maximum Gasteiger partial charge on any atom is 0.128 e. The van der Waals surface area contributed by atoms with Gasteiger partial charge in [0.1, 0.15) is 5.82 Å². The predicted octanol–water partition coefficient (Wildman–Crippen LogP) is 4.68. The average molecular weight is 455 g/mol. The number of hydrogen-bond acceptors (Lipinski definition) is 4. The third-order valence-corrected chi connectivity index (χ3v) is 6.47. The number of aliphatic hydroxyl groups excluding tert-OH is 1. The Morgan fingerprint density at radius 3 is 2.06 bits per heavy atom. The standard InChI is InChI=1S/C24H24Cl2N4O/c25-17-4-6-22-20(13-17)21-14-18(26)5-7-23(21)30(22)16-19(31)15-28-9-11-29(12-10-28)24-3-1-2-8-27-24/h1-8,13-14,19,31H,9-12,15-16H2/t19-/m1/s1. The van der Waals surface area contributed by atoms with Crippen LogP contribution in [0.25, 0.3) is 21.8 Å². The first-order chi connectivity index (χ1) is 15.1. The number of nitrogens with zero attached hydrogens (tertiary/aromatic N) is 4. The van der Waals surface area contributed by atoms with E-state index in [-0.39, 0.29) is 0 Å². The molecule has 1 N–H and O–H groups in total. The van der Waals surface area contributed by atoms with Crippen molar-refractivity contribution in [1.29, 1.82) is 0 Å². The third-order valence-electron chi connectivity index (χ3n) is 6.00. The van der Waals surface area contributed by atoms with E-state index in [0.717, 1.165) is 53.8 Å². The van der Waals surface area contributed by atoms with Crippen molar-refractivity contribution in [3.05, 3.63) is 70.8 Å². The fourth-order valence-corrected chi connectivity index (χ4v) is 4.86. The molecule has 1 saturated heterocycles. The van der Waals surface area contributed by atoms with Crippen LogP contribution in [-0.4, -0.2) is 58.4 Å². The molecule has 0 amide bonds. The van der Waals surface area contributed by atoms with E-state index in [1.807, 2.05) is 60.8 Å². The van der Waals surface area contributed by atoms with Crippen molar-refractivity contribution in [2.24, 2.45) is 0 Å². The van der Waals surface area contributed by atoms with E-state index in [2.05, 4.69) is 19.4 Å². The topological polar surface area (TPSA) is 44.5 Å². The van der Waals surface area contributed by atoms with E-state index in [9.17, 15) is 5.11 Å². The van der Waals surface area contributed by atoms with Crippen LogP contribution in [0.2, 0.25) is 10.0 Å². The van der Waals surface area contributed by atoms with Crippen molar-refractivity contribution in [1.82, 2.24) is 14.5 Å². The molecule has 2 aromatic heterocycles. The lowest BCUT2D eigenvalue weighted by Crippen LogP contribution is -2.49. The van der Waals surface area contributed by atoms with Crippen molar-refractivity contribution < 1.29 is 5.11 Å². The van der Waals surface area contributed by atoms with Gasteiger partial charge in [-0.15, -0.1) is 0 Å². The van der Waals surface area contributed by atoms with Crippen LogP contribution < -0.4 is 4.90 Å². The zero-order chi connectivity index (χ0) is 21.4. The van der Waals surface area contributed by atoms with E-state index >= 15 is 0 Å². The van der Waals surface area contributed by atoms with Crippen LogP contribution >= 0.6 is 23.2 Å². The summed E-state index contributed by atoms with van der Waals surface area (Å²) < 4.78 is 2.17. The molecule has 0 unspecified atom stereocenters. The van der Waals surface area contributed by atoms with Crippen LogP contribution in [0, 0.1) is 0 Å². The minimum atomic E-state index is -0.480. The Balaban J connectivity index is 1.31. The second-order valence-corrected chi connectivity index (χ2v) is 8.94. The Morgan fingerprint density at radius 1 is 0.839 bits per heavy atom. The number of fused-ring (bicyclic) bond motifs is 3. The molecule has 0 radical (unpaired) electrons. The van der Waals surface area contributed by atoms with E-state index in [1.165, 1.54) is 0 Å². The van der Waals surface area contributed by atoms with Gasteiger partial charge in [0.2, 0.25) is 0 Å². The van der Waals surface area contributed by atoms with Crippen molar-refractivity contribution in [3.63, 3.8) is 0 Å². The highest BCUT2D eigenvalue weighted by Gasteiger charge is 2.21. The number of aromatic nitrogens is 2. The quantitative estimate of drug-likeness (QED) is 0.475. The molecule has 1 aliphatic rings. The molecule has 1 atom stereocenters. The number of pyridine rings is 1. The molecule has 31 heavy (non-hydrogen) atoms. The summed E-state index contributed by atoms with van der Waals surface area (Å²) in [5.74, 6) is 1.02. The van der Waals surface area contributed by atoms with Gasteiger partial charge in [-0.2, -0.15) is 0 Å². The monoisotopic (exact) mass is 454 g/mol. The highest BCUT2D eigenvalue weighted by Crippen LogP contribution is 2.33. The fourth-order valence-electron chi connectivity index (χ4n) is 4.51. The maximum absolute atomic E-state index is 10.9. The molecule has 5 nitrogen and oxygen atoms in total. The Morgan fingerprint density at radius 2 is 1.48 bits per heavy atom. The van der Waals surface area contributed by atoms with Gasteiger partial charge in [-0.1, -0.05) is 29.3 Å². The van der Waals surface area contributed by atoms with E-state index in [0.29, 0.717) is 23.1 Å². The van der Waals surface area contributed by atoms with Crippen LogP contribution in [-0.2, 0) is 6.54 Å². The molecule has 5 rings (SSSR count). The van der Waals surface area contributed by atoms with Crippen molar-refractivity contribution in [2.45, 2.75) is 12.6 Å². The SMILES string of the molecule is O[C@H](CN1CCN(c2ccccn2)CC1)Cn1c2ccc(Cl)cc2c2cc(Cl)ccc21. The summed E-state index contributed by atoms with van der Waals surface area (Å²) in [4.78, 5) is 9.06. The fraction of sp³-hybridized carbons (Fsp3) is 0.292. The Kier molecular flexibility index (Phi) is 5.76. The van der Waals surface area contributed by atoms with Gasteiger partial charge in [0.05, 0.1) is 12.6 Å². The lowest BCUT2D eigenvalue weighted by molar-refractivity contribution is 0.0968. The van der Waals surface area contributed by atoms with Gasteiger partial charge in [0.25, 0.3) is 0 Å². The summed E-state index contributed by atoms with van der Waals surface area (Å²) in [5.41, 5.74) is 2.11. The normalized spacial score (nSPS) is 16.3. The number of anilines is 1. The van der Waals surface area contributed by atoms with Gasteiger partial charge >= 0.3 is 0 Å². The van der Waals surface area contributed by atoms with Crippen LogP contribution in [0.4, 0.5) is 5.82 Å². The zero-order valence-electron chi connectivity index (χ0n) is 17.1. The molecular weight excluding hydrogens is 431 g/mol. The molecule has 1 aliphatic heterocycles. The number of halogens is 2. The predicted molar refractivity (Wildman–Crippen MR) is 128 cm³/mol. The minimum absolute atomic E-state index is 0.480. The van der Waals surface area contributed by atoms with Gasteiger partial charge in [-0.05, 0) is 48.5 Å². The minimum Gasteiger partial charge on any atom is -0.390 e. The van der Waals surface area contributed by atoms with Crippen molar-refractivity contribution >= 4 is 50.8 Å². The molecule has 7 heteroatoms. The largest absolute Gasteiger partial charge is 0.390 e. The number of piperazine rings is 1. The third kappa shape index (κ3) is 4.23. The van der Waals surface area contributed by atoms with Gasteiger partial charge in [-0.25, -0.2) is 4.98 Å². The second kappa shape index (κ2) is 8.67. The number of aliphatic hydroxyl groups is 1. The maximum atomic E-state index is 10.9. The Bertz CT molecular complexity index is 1140. The molecule has 2 aromatic carbocycles. The molecule has 0 bridgehead atoms. The highest BCUT2D eigenvalue weighted by atomic mass is 35.5. The smallest absolute Gasteiger partial charge is 0.128 e. The number of rotatable bonds is 5. The van der Waals surface area contributed by atoms with Crippen LogP contribution in [0.5, 0.6) is 0 Å². The zero-order valence-corrected chi connectivity index (χ0v) is 18.6. The van der Waals surface area contributed by atoms with Gasteiger partial charge in [0.15, 0.2) is 0 Å². The van der Waals surface area contributed by atoms with Crippen LogP contribution in [0.3, 0.4) is 0 Å². The van der Waals surface area contributed by atoms with Gasteiger partial charge < -0.3 is 14.6 Å². The lowest BCUT2D eigenvalue weighted by Gasteiger charge is -2.36. The number of benzene rings is 2. The summed E-state index contributed by atoms with van der Waals surface area (Å²) in [5, 5.41) is 14.4. The van der Waals surface area contributed by atoms with Crippen molar-refractivity contribution in [3.8, 4) is 0 Å². The first-order valence-electron chi connectivity index (χ1n) is 10.5. The Hall–Kier alpha value is -2.31. The summed E-state index contributed by atoms with van der Waals surface area (Å²) in [6.07, 6.45) is 1.35. The van der Waals surface area contributed by atoms with Crippen LogP contribution in [0.1, 0.15) is 0 Å². The molecular formula is C24H24Cl2N4O. The highest BCUT2D eigenvalue weighted by molar-refractivity contribution is 6.33. The van der Waals surface area contributed by atoms with Gasteiger partial charge in [-0.3, -0.25) is 4.90 Å². The first-order valence-corrected chi connectivity index (χ1v) is 11.3.